The van der Waals surface area contributed by atoms with E-state index in [1.165, 1.54) is 0 Å². The van der Waals surface area contributed by atoms with Crippen LogP contribution in [0, 0.1) is 16.7 Å². The average molecular weight is 490 g/mol. The lowest BCUT2D eigenvalue weighted by Gasteiger charge is -2.37. The largest absolute Gasteiger partial charge is 0.341 e. The minimum atomic E-state index is -3.89. The molecule has 0 heterocycles. The van der Waals surface area contributed by atoms with E-state index in [0.29, 0.717) is 19.4 Å². The highest BCUT2D eigenvalue weighted by Crippen LogP contribution is 2.64. The molecule has 7 nitrogen and oxygen atoms in total. The second kappa shape index (κ2) is 9.36. The first-order valence-corrected chi connectivity index (χ1v) is 14.2. The predicted octanol–water partition coefficient (Wildman–Crippen LogP) is 2.77. The number of Topliss-reactive ketones (excluding diaryl/α,β-unsaturated/α-hetero) is 1. The Morgan fingerprint density at radius 2 is 1.76 bits per heavy atom. The van der Waals surface area contributed by atoms with Crippen molar-refractivity contribution in [3.63, 3.8) is 0 Å². The number of hydrogen-bond donors (Lipinski definition) is 2. The van der Waals surface area contributed by atoms with Gasteiger partial charge in [-0.25, -0.2) is 13.1 Å². The number of rotatable bonds is 9. The second-order valence-electron chi connectivity index (χ2n) is 11.2. The van der Waals surface area contributed by atoms with Gasteiger partial charge in [0.2, 0.25) is 15.9 Å². The molecule has 3 atom stereocenters. The van der Waals surface area contributed by atoms with Gasteiger partial charge >= 0.3 is 0 Å². The Bertz CT molecular complexity index is 1030. The summed E-state index contributed by atoms with van der Waals surface area (Å²) in [7, 11) is -2.11. The zero-order valence-corrected chi connectivity index (χ0v) is 21.5. The summed E-state index contributed by atoms with van der Waals surface area (Å²) in [5.41, 5.74) is 6.34. The molecule has 0 aromatic heterocycles. The van der Waals surface area contributed by atoms with Crippen LogP contribution in [0.3, 0.4) is 0 Å². The van der Waals surface area contributed by atoms with Crippen molar-refractivity contribution in [1.29, 1.82) is 0 Å². The van der Waals surface area contributed by atoms with Crippen LogP contribution in [0.2, 0.25) is 0 Å². The first-order chi connectivity index (χ1) is 16.0. The molecular weight excluding hydrogens is 450 g/mol. The predicted molar refractivity (Wildman–Crippen MR) is 132 cm³/mol. The number of nitrogens with zero attached hydrogens (tertiary/aromatic N) is 1. The lowest BCUT2D eigenvalue weighted by Crippen LogP contribution is -2.53. The molecule has 3 aliphatic carbocycles. The lowest BCUT2D eigenvalue weighted by molar-refractivity contribution is -0.133. The quantitative estimate of drug-likeness (QED) is 0.554. The summed E-state index contributed by atoms with van der Waals surface area (Å²) in [4.78, 5) is 28.2. The van der Waals surface area contributed by atoms with Crippen LogP contribution < -0.4 is 10.5 Å². The van der Waals surface area contributed by atoms with Crippen molar-refractivity contribution in [1.82, 2.24) is 9.62 Å². The van der Waals surface area contributed by atoms with E-state index in [4.69, 9.17) is 5.73 Å². The van der Waals surface area contributed by atoms with Crippen molar-refractivity contribution < 1.29 is 18.0 Å². The van der Waals surface area contributed by atoms with Gasteiger partial charge in [-0.1, -0.05) is 51.0 Å². The fourth-order valence-corrected chi connectivity index (χ4v) is 8.66. The number of fused-ring (bicyclic) bond motifs is 2. The zero-order valence-electron chi connectivity index (χ0n) is 20.7. The number of amides is 1. The highest BCUT2D eigenvalue weighted by molar-refractivity contribution is 7.89. The van der Waals surface area contributed by atoms with Gasteiger partial charge in [0, 0.05) is 31.5 Å². The van der Waals surface area contributed by atoms with E-state index >= 15 is 0 Å². The highest BCUT2D eigenvalue weighted by atomic mass is 32.2. The molecule has 3 fully saturated rings. The summed E-state index contributed by atoms with van der Waals surface area (Å²) in [6.07, 6.45) is 6.26. The fraction of sp³-hybridized carbons (Fsp3) is 0.692. The monoisotopic (exact) mass is 489 g/mol. The number of carbonyl (C=O) groups is 2. The van der Waals surface area contributed by atoms with Crippen LogP contribution in [0.25, 0.3) is 0 Å². The Hall–Kier alpha value is -1.77. The molecule has 3 saturated carbocycles. The molecule has 1 amide bonds. The molecule has 1 aromatic rings. The van der Waals surface area contributed by atoms with Crippen LogP contribution in [0.5, 0.6) is 0 Å². The molecule has 3 N–H and O–H groups in total. The van der Waals surface area contributed by atoms with Crippen LogP contribution in [0.4, 0.5) is 0 Å². The van der Waals surface area contributed by atoms with Crippen molar-refractivity contribution in [2.75, 3.05) is 12.8 Å². The van der Waals surface area contributed by atoms with E-state index in [0.717, 1.165) is 43.2 Å². The van der Waals surface area contributed by atoms with Gasteiger partial charge in [0.1, 0.15) is 11.8 Å². The van der Waals surface area contributed by atoms with Gasteiger partial charge < -0.3 is 10.6 Å². The lowest BCUT2D eigenvalue weighted by atomic mass is 9.70. The molecule has 1 aromatic carbocycles. The summed E-state index contributed by atoms with van der Waals surface area (Å²) in [6.45, 7) is 4.48. The van der Waals surface area contributed by atoms with E-state index in [2.05, 4.69) is 4.72 Å². The number of nitrogens with one attached hydrogen (secondary N) is 1. The van der Waals surface area contributed by atoms with Crippen molar-refractivity contribution in [3.8, 4) is 0 Å². The van der Waals surface area contributed by atoms with Gasteiger partial charge in [-0.05, 0) is 54.6 Å². The topological polar surface area (TPSA) is 110 Å². The van der Waals surface area contributed by atoms with Crippen molar-refractivity contribution in [2.24, 2.45) is 22.5 Å². The Kier molecular flexibility index (Phi) is 6.97. The number of nitrogens with two attached hydrogens (primary N) is 1. The third-order valence-corrected chi connectivity index (χ3v) is 10.6. The molecule has 0 spiro atoms. The number of likely N-dealkylation sites (N-methyl/N-ethyl adjacent to an activating group) is 1. The Labute approximate surface area is 203 Å². The van der Waals surface area contributed by atoms with Gasteiger partial charge in [0.25, 0.3) is 0 Å². The molecular formula is C26H39N3O4S. The third-order valence-electron chi connectivity index (χ3n) is 9.11. The van der Waals surface area contributed by atoms with Crippen molar-refractivity contribution >= 4 is 21.7 Å². The summed E-state index contributed by atoms with van der Waals surface area (Å²) in [6, 6.07) is 6.84. The van der Waals surface area contributed by atoms with Crippen LogP contribution in [-0.4, -0.2) is 49.9 Å². The van der Waals surface area contributed by atoms with Crippen molar-refractivity contribution in [3.05, 3.63) is 35.4 Å². The molecule has 34 heavy (non-hydrogen) atoms. The first kappa shape index (κ1) is 25.3. The Morgan fingerprint density at radius 1 is 1.15 bits per heavy atom. The molecule has 3 aliphatic rings. The van der Waals surface area contributed by atoms with Gasteiger partial charge in [0.15, 0.2) is 0 Å². The molecule has 0 aliphatic heterocycles. The van der Waals surface area contributed by atoms with Crippen LogP contribution >= 0.6 is 0 Å². The minimum Gasteiger partial charge on any atom is -0.341 e. The fourth-order valence-electron chi connectivity index (χ4n) is 6.63. The number of hydrogen-bond acceptors (Lipinski definition) is 5. The summed E-state index contributed by atoms with van der Waals surface area (Å²) in [5, 5.41) is 0. The maximum Gasteiger partial charge on any atom is 0.241 e. The van der Waals surface area contributed by atoms with E-state index in [-0.39, 0.29) is 41.2 Å². The van der Waals surface area contributed by atoms with Crippen molar-refractivity contribution in [2.45, 2.75) is 83.8 Å². The van der Waals surface area contributed by atoms with Crippen LogP contribution in [0.1, 0.15) is 69.9 Å². The number of carbonyl (C=O) groups excluding carboxylic acids is 2. The average Bonchev–Trinajstić information content (AvgIpc) is 3.45. The number of benzene rings is 1. The maximum atomic E-state index is 13.5. The number of ketones is 1. The Balaban J connectivity index is 1.57. The van der Waals surface area contributed by atoms with E-state index in [9.17, 15) is 18.0 Å². The van der Waals surface area contributed by atoms with E-state index < -0.39 is 21.5 Å². The molecule has 0 radical (unpaired) electrons. The van der Waals surface area contributed by atoms with Gasteiger partial charge in [-0.2, -0.15) is 0 Å². The highest BCUT2D eigenvalue weighted by Gasteiger charge is 2.65. The van der Waals surface area contributed by atoms with Crippen LogP contribution in [-0.2, 0) is 32.6 Å². The van der Waals surface area contributed by atoms with Crippen LogP contribution in [0.15, 0.2) is 24.3 Å². The minimum absolute atomic E-state index is 0.0578. The smallest absolute Gasteiger partial charge is 0.241 e. The van der Waals surface area contributed by atoms with E-state index in [1.807, 2.05) is 38.1 Å². The standard InChI is InChI=1S/C26H39N3O4S/c1-25(2)20-12-13-26(25,23(30)15-20)17-34(32,33)28-22(14-18-8-10-19(16-27)11-9-18)24(31)29(3)21-6-4-5-7-21/h8-11,20-22,28H,4-7,12-17,27H2,1-3H3/t20?,22-,26+/m0/s1. The van der Waals surface area contributed by atoms with E-state index in [1.54, 1.807) is 11.9 Å². The molecule has 8 heteroatoms. The van der Waals surface area contributed by atoms with Gasteiger partial charge in [-0.15, -0.1) is 0 Å². The zero-order chi connectivity index (χ0) is 24.7. The molecule has 1 unspecified atom stereocenters. The second-order valence-corrected chi connectivity index (χ2v) is 13.0. The maximum absolute atomic E-state index is 13.5. The normalized spacial score (nSPS) is 27.3. The first-order valence-electron chi connectivity index (χ1n) is 12.6. The molecule has 4 rings (SSSR count). The molecule has 2 bridgehead atoms. The van der Waals surface area contributed by atoms with Gasteiger partial charge in [0.05, 0.1) is 5.75 Å². The SMILES string of the molecule is CN(C(=O)[C@H](Cc1ccc(CN)cc1)NS(=O)(=O)C[C@]12CCC(CC1=O)C2(C)C)C1CCCC1. The molecule has 0 saturated heterocycles. The summed E-state index contributed by atoms with van der Waals surface area (Å²) in [5.74, 6) is -0.160. The summed E-state index contributed by atoms with van der Waals surface area (Å²) >= 11 is 0. The third kappa shape index (κ3) is 4.56. The van der Waals surface area contributed by atoms with Gasteiger partial charge in [-0.3, -0.25) is 9.59 Å². The molecule has 188 valence electrons. The summed E-state index contributed by atoms with van der Waals surface area (Å²) < 4.78 is 29.7. The Morgan fingerprint density at radius 3 is 2.29 bits per heavy atom. The number of sulfonamides is 1.